The normalized spacial score (nSPS) is 11.6. The lowest BCUT2D eigenvalue weighted by Crippen LogP contribution is -2.27. The standard InChI is InChI=1S/C19H16BrN3O2/c1-13(14-8-11-21-12-9-14)23-18(24)17-3-2-10-22-19(17)25-16-6-4-15(20)5-7-16/h2-13H,1H3,(H,23,24). The minimum Gasteiger partial charge on any atom is -0.438 e. The lowest BCUT2D eigenvalue weighted by Gasteiger charge is -2.15. The summed E-state index contributed by atoms with van der Waals surface area (Å²) in [5, 5.41) is 2.95. The first-order valence-electron chi connectivity index (χ1n) is 7.72. The van der Waals surface area contributed by atoms with Crippen LogP contribution in [0.4, 0.5) is 0 Å². The van der Waals surface area contributed by atoms with Crippen molar-refractivity contribution in [3.8, 4) is 11.6 Å². The number of pyridine rings is 2. The average molecular weight is 398 g/mol. The van der Waals surface area contributed by atoms with E-state index in [4.69, 9.17) is 4.74 Å². The fourth-order valence-corrected chi connectivity index (χ4v) is 2.53. The Bertz CT molecular complexity index is 854. The lowest BCUT2D eigenvalue weighted by atomic mass is 10.1. The molecule has 25 heavy (non-hydrogen) atoms. The quantitative estimate of drug-likeness (QED) is 0.686. The topological polar surface area (TPSA) is 64.1 Å². The van der Waals surface area contributed by atoms with Crippen LogP contribution in [0.5, 0.6) is 11.6 Å². The Hall–Kier alpha value is -2.73. The molecule has 0 aliphatic carbocycles. The maximum atomic E-state index is 12.6. The van der Waals surface area contributed by atoms with E-state index in [0.717, 1.165) is 10.0 Å². The van der Waals surface area contributed by atoms with Gasteiger partial charge in [-0.2, -0.15) is 0 Å². The molecule has 0 bridgehead atoms. The number of ether oxygens (including phenoxy) is 1. The van der Waals surface area contributed by atoms with Crippen molar-refractivity contribution in [1.29, 1.82) is 0 Å². The highest BCUT2D eigenvalue weighted by molar-refractivity contribution is 9.10. The van der Waals surface area contributed by atoms with Gasteiger partial charge in [-0.3, -0.25) is 9.78 Å². The lowest BCUT2D eigenvalue weighted by molar-refractivity contribution is 0.0937. The van der Waals surface area contributed by atoms with Gasteiger partial charge in [0.1, 0.15) is 11.3 Å². The molecule has 0 fully saturated rings. The number of halogens is 1. The van der Waals surface area contributed by atoms with E-state index in [1.165, 1.54) is 0 Å². The van der Waals surface area contributed by atoms with Crippen LogP contribution in [-0.4, -0.2) is 15.9 Å². The number of hydrogen-bond donors (Lipinski definition) is 1. The first kappa shape index (κ1) is 17.1. The summed E-state index contributed by atoms with van der Waals surface area (Å²) in [4.78, 5) is 20.8. The van der Waals surface area contributed by atoms with Crippen LogP contribution in [0, 0.1) is 0 Å². The average Bonchev–Trinajstić information content (AvgIpc) is 2.64. The van der Waals surface area contributed by atoms with Crippen molar-refractivity contribution in [1.82, 2.24) is 15.3 Å². The minimum absolute atomic E-state index is 0.156. The van der Waals surface area contributed by atoms with Crippen LogP contribution in [-0.2, 0) is 0 Å². The molecule has 0 aliphatic heterocycles. The van der Waals surface area contributed by atoms with E-state index in [-0.39, 0.29) is 17.8 Å². The van der Waals surface area contributed by atoms with Gasteiger partial charge in [0, 0.05) is 23.1 Å². The zero-order valence-electron chi connectivity index (χ0n) is 13.5. The number of carbonyl (C=O) groups is 1. The van der Waals surface area contributed by atoms with Crippen LogP contribution in [0.25, 0.3) is 0 Å². The maximum absolute atomic E-state index is 12.6. The van der Waals surface area contributed by atoms with Gasteiger partial charge in [-0.05, 0) is 61.0 Å². The molecule has 5 nitrogen and oxygen atoms in total. The molecule has 0 aliphatic rings. The fraction of sp³-hybridized carbons (Fsp3) is 0.105. The van der Waals surface area contributed by atoms with Crippen LogP contribution < -0.4 is 10.1 Å². The van der Waals surface area contributed by atoms with Gasteiger partial charge in [0.2, 0.25) is 5.88 Å². The van der Waals surface area contributed by atoms with Gasteiger partial charge in [-0.1, -0.05) is 15.9 Å². The Morgan fingerprint density at radius 1 is 1.08 bits per heavy atom. The van der Waals surface area contributed by atoms with Gasteiger partial charge >= 0.3 is 0 Å². The summed E-state index contributed by atoms with van der Waals surface area (Å²) >= 11 is 3.38. The Balaban J connectivity index is 1.77. The van der Waals surface area contributed by atoms with Gasteiger partial charge in [-0.15, -0.1) is 0 Å². The molecule has 126 valence electrons. The molecule has 0 saturated carbocycles. The highest BCUT2D eigenvalue weighted by atomic mass is 79.9. The number of nitrogens with one attached hydrogen (secondary N) is 1. The molecule has 1 N–H and O–H groups in total. The number of aromatic nitrogens is 2. The molecule has 0 radical (unpaired) electrons. The predicted octanol–water partition coefficient (Wildman–Crippen LogP) is 4.52. The monoisotopic (exact) mass is 397 g/mol. The smallest absolute Gasteiger partial charge is 0.257 e. The molecule has 3 aromatic rings. The Kier molecular flexibility index (Phi) is 5.40. The summed E-state index contributed by atoms with van der Waals surface area (Å²) in [5.74, 6) is 0.631. The minimum atomic E-state index is -0.246. The zero-order chi connectivity index (χ0) is 17.6. The molecule has 2 aromatic heterocycles. The molecular formula is C19H16BrN3O2. The number of nitrogens with zero attached hydrogens (tertiary/aromatic N) is 2. The Labute approximate surface area is 154 Å². The van der Waals surface area contributed by atoms with Crippen molar-refractivity contribution in [2.24, 2.45) is 0 Å². The van der Waals surface area contributed by atoms with Gasteiger partial charge in [0.05, 0.1) is 6.04 Å². The highest BCUT2D eigenvalue weighted by Crippen LogP contribution is 2.25. The van der Waals surface area contributed by atoms with E-state index in [1.54, 1.807) is 42.9 Å². The van der Waals surface area contributed by atoms with Crippen molar-refractivity contribution in [2.75, 3.05) is 0 Å². The number of carbonyl (C=O) groups excluding carboxylic acids is 1. The number of hydrogen-bond acceptors (Lipinski definition) is 4. The largest absolute Gasteiger partial charge is 0.438 e. The van der Waals surface area contributed by atoms with Crippen LogP contribution in [0.1, 0.15) is 28.9 Å². The Morgan fingerprint density at radius 3 is 2.52 bits per heavy atom. The van der Waals surface area contributed by atoms with Crippen molar-refractivity contribution in [3.63, 3.8) is 0 Å². The molecule has 6 heteroatoms. The second-order valence-corrected chi connectivity index (χ2v) is 6.30. The third kappa shape index (κ3) is 4.42. The van der Waals surface area contributed by atoms with Crippen LogP contribution in [0.2, 0.25) is 0 Å². The second-order valence-electron chi connectivity index (χ2n) is 5.39. The predicted molar refractivity (Wildman–Crippen MR) is 98.6 cm³/mol. The molecule has 2 heterocycles. The van der Waals surface area contributed by atoms with E-state index >= 15 is 0 Å². The maximum Gasteiger partial charge on any atom is 0.257 e. The van der Waals surface area contributed by atoms with Gasteiger partial charge in [0.15, 0.2) is 0 Å². The molecule has 0 saturated heterocycles. The van der Waals surface area contributed by atoms with Crippen molar-refractivity contribution in [2.45, 2.75) is 13.0 Å². The van der Waals surface area contributed by atoms with E-state index in [9.17, 15) is 4.79 Å². The molecule has 3 rings (SSSR count). The van der Waals surface area contributed by atoms with E-state index in [1.807, 2.05) is 31.2 Å². The number of amides is 1. The molecule has 1 aromatic carbocycles. The van der Waals surface area contributed by atoms with E-state index < -0.39 is 0 Å². The molecule has 1 unspecified atom stereocenters. The highest BCUT2D eigenvalue weighted by Gasteiger charge is 2.17. The van der Waals surface area contributed by atoms with E-state index in [0.29, 0.717) is 11.3 Å². The Morgan fingerprint density at radius 2 is 1.80 bits per heavy atom. The molecular weight excluding hydrogens is 382 g/mol. The van der Waals surface area contributed by atoms with Crippen LogP contribution >= 0.6 is 15.9 Å². The summed E-state index contributed by atoms with van der Waals surface area (Å²) < 4.78 is 6.72. The summed E-state index contributed by atoms with van der Waals surface area (Å²) in [6, 6.07) is 14.3. The summed E-state index contributed by atoms with van der Waals surface area (Å²) in [5.41, 5.74) is 1.36. The van der Waals surface area contributed by atoms with Gasteiger partial charge in [0.25, 0.3) is 5.91 Å². The summed E-state index contributed by atoms with van der Waals surface area (Å²) in [6.07, 6.45) is 4.99. The first-order valence-corrected chi connectivity index (χ1v) is 8.52. The second kappa shape index (κ2) is 7.90. The third-order valence-electron chi connectivity index (χ3n) is 3.60. The van der Waals surface area contributed by atoms with Crippen LogP contribution in [0.3, 0.4) is 0 Å². The zero-order valence-corrected chi connectivity index (χ0v) is 15.1. The van der Waals surface area contributed by atoms with Gasteiger partial charge < -0.3 is 10.1 Å². The number of benzene rings is 1. The van der Waals surface area contributed by atoms with Crippen molar-refractivity contribution < 1.29 is 9.53 Å². The fourth-order valence-electron chi connectivity index (χ4n) is 2.27. The molecule has 1 amide bonds. The summed E-state index contributed by atoms with van der Waals surface area (Å²) in [6.45, 7) is 1.92. The van der Waals surface area contributed by atoms with E-state index in [2.05, 4.69) is 31.2 Å². The van der Waals surface area contributed by atoms with Gasteiger partial charge in [-0.25, -0.2) is 4.98 Å². The third-order valence-corrected chi connectivity index (χ3v) is 4.13. The summed E-state index contributed by atoms with van der Waals surface area (Å²) in [7, 11) is 0. The van der Waals surface area contributed by atoms with Crippen molar-refractivity contribution in [3.05, 3.63) is 82.7 Å². The SMILES string of the molecule is CC(NC(=O)c1cccnc1Oc1ccc(Br)cc1)c1ccncc1. The molecule has 1 atom stereocenters. The first-order chi connectivity index (χ1) is 12.1. The van der Waals surface area contributed by atoms with Crippen molar-refractivity contribution >= 4 is 21.8 Å². The molecule has 0 spiro atoms. The number of rotatable bonds is 5. The van der Waals surface area contributed by atoms with Crippen LogP contribution in [0.15, 0.2) is 71.6 Å².